The average molecular weight is 383 g/mol. The molecule has 2 aromatic heterocycles. The van der Waals surface area contributed by atoms with Gasteiger partial charge < -0.3 is 4.90 Å². The summed E-state index contributed by atoms with van der Waals surface area (Å²) < 4.78 is 3.85. The summed E-state index contributed by atoms with van der Waals surface area (Å²) in [6.07, 6.45) is 0. The van der Waals surface area contributed by atoms with Crippen molar-refractivity contribution in [2.45, 2.75) is 27.1 Å². The van der Waals surface area contributed by atoms with Crippen LogP contribution < -0.4 is 4.90 Å². The molecular weight excluding hydrogens is 366 g/mol. The second-order valence-electron chi connectivity index (χ2n) is 5.19. The number of halogens is 1. The number of aromatic nitrogens is 1. The number of aryl methyl sites for hydroxylation is 2. The van der Waals surface area contributed by atoms with Gasteiger partial charge in [0, 0.05) is 5.69 Å². The van der Waals surface area contributed by atoms with E-state index in [4.69, 9.17) is 12.2 Å². The molecule has 2 aromatic rings. The lowest BCUT2D eigenvalue weighted by atomic mass is 10.1. The van der Waals surface area contributed by atoms with Gasteiger partial charge in [-0.25, -0.2) is 0 Å². The molecule has 2 heterocycles. The smallest absolute Gasteiger partial charge is 0.157 e. The molecule has 0 spiro atoms. The fourth-order valence-electron chi connectivity index (χ4n) is 2.33. The van der Waals surface area contributed by atoms with E-state index < -0.39 is 0 Å². The third kappa shape index (κ3) is 3.80. The molecule has 0 aliphatic heterocycles. The fraction of sp³-hybridized carbons (Fsp3) is 0.333. The van der Waals surface area contributed by atoms with Crippen LogP contribution in [0.1, 0.15) is 21.7 Å². The van der Waals surface area contributed by atoms with Gasteiger partial charge in [-0.3, -0.25) is 4.57 Å². The molecule has 0 saturated heterocycles. The first kappa shape index (κ1) is 16.4. The molecule has 0 saturated carbocycles. The standard InChI is InChI=1S/C15H16BrN3S2/c1-10-6-11(2)19(15(20)13(10)7-17)9-18(3)8-12-4-5-14(16)21-12/h4-6H,8-9H2,1-3H3/p+1. The van der Waals surface area contributed by atoms with Gasteiger partial charge in [0.15, 0.2) is 6.67 Å². The highest BCUT2D eigenvalue weighted by atomic mass is 79.9. The third-order valence-electron chi connectivity index (χ3n) is 3.35. The number of thiophene rings is 1. The van der Waals surface area contributed by atoms with E-state index in [9.17, 15) is 5.26 Å². The van der Waals surface area contributed by atoms with E-state index in [1.165, 1.54) is 9.78 Å². The Hall–Kier alpha value is -1.00. The van der Waals surface area contributed by atoms with E-state index >= 15 is 0 Å². The van der Waals surface area contributed by atoms with Gasteiger partial charge in [-0.05, 0) is 53.5 Å². The maximum atomic E-state index is 9.25. The molecule has 0 aromatic carbocycles. The molecule has 3 nitrogen and oxygen atoms in total. The van der Waals surface area contributed by atoms with Crippen molar-refractivity contribution in [3.8, 4) is 6.07 Å². The highest BCUT2D eigenvalue weighted by Gasteiger charge is 2.12. The van der Waals surface area contributed by atoms with Crippen molar-refractivity contribution in [1.82, 2.24) is 4.57 Å². The minimum atomic E-state index is 0.613. The first-order chi connectivity index (χ1) is 9.92. The van der Waals surface area contributed by atoms with Gasteiger partial charge in [0.05, 0.1) is 21.3 Å². The van der Waals surface area contributed by atoms with Gasteiger partial charge in [-0.2, -0.15) is 5.26 Å². The Morgan fingerprint density at radius 1 is 1.43 bits per heavy atom. The fourth-order valence-corrected chi connectivity index (χ4v) is 4.34. The molecule has 1 N–H and O–H groups in total. The summed E-state index contributed by atoms with van der Waals surface area (Å²) in [4.78, 5) is 2.66. The molecule has 0 radical (unpaired) electrons. The molecule has 0 aliphatic carbocycles. The Balaban J connectivity index is 2.23. The van der Waals surface area contributed by atoms with E-state index in [-0.39, 0.29) is 0 Å². The number of hydrogen-bond acceptors (Lipinski definition) is 3. The summed E-state index contributed by atoms with van der Waals surface area (Å²) in [5, 5.41) is 9.25. The maximum absolute atomic E-state index is 9.25. The van der Waals surface area contributed by atoms with Gasteiger partial charge in [0.2, 0.25) is 0 Å². The van der Waals surface area contributed by atoms with Crippen molar-refractivity contribution in [2.24, 2.45) is 0 Å². The third-order valence-corrected chi connectivity index (χ3v) is 5.40. The predicted molar refractivity (Wildman–Crippen MR) is 92.1 cm³/mol. The Morgan fingerprint density at radius 2 is 2.14 bits per heavy atom. The Bertz CT molecular complexity index is 755. The van der Waals surface area contributed by atoms with E-state index in [1.807, 2.05) is 19.9 Å². The van der Waals surface area contributed by atoms with Gasteiger partial charge in [-0.15, -0.1) is 11.3 Å². The molecule has 0 bridgehead atoms. The van der Waals surface area contributed by atoms with E-state index in [0.717, 1.165) is 28.3 Å². The van der Waals surface area contributed by atoms with Crippen LogP contribution in [0, 0.1) is 29.8 Å². The minimum Gasteiger partial charge on any atom is -0.316 e. The summed E-state index contributed by atoms with van der Waals surface area (Å²) >= 11 is 10.7. The van der Waals surface area contributed by atoms with Crippen molar-refractivity contribution in [3.63, 3.8) is 0 Å². The van der Waals surface area contributed by atoms with E-state index in [0.29, 0.717) is 10.2 Å². The highest BCUT2D eigenvalue weighted by Crippen LogP contribution is 2.21. The number of hydrogen-bond donors (Lipinski definition) is 1. The molecule has 6 heteroatoms. The van der Waals surface area contributed by atoms with Crippen LogP contribution in [0.25, 0.3) is 0 Å². The largest absolute Gasteiger partial charge is 0.316 e. The first-order valence-electron chi connectivity index (χ1n) is 6.59. The van der Waals surface area contributed by atoms with Gasteiger partial charge in [0.25, 0.3) is 0 Å². The Morgan fingerprint density at radius 3 is 2.71 bits per heavy atom. The van der Waals surface area contributed by atoms with Crippen molar-refractivity contribution >= 4 is 39.5 Å². The monoisotopic (exact) mass is 382 g/mol. The zero-order valence-corrected chi connectivity index (χ0v) is 15.5. The van der Waals surface area contributed by atoms with Crippen LogP contribution >= 0.6 is 39.5 Å². The number of quaternary nitrogens is 1. The second kappa shape index (κ2) is 6.84. The van der Waals surface area contributed by atoms with Crippen LogP contribution in [0.5, 0.6) is 0 Å². The minimum absolute atomic E-state index is 0.613. The average Bonchev–Trinajstić information content (AvgIpc) is 2.80. The predicted octanol–water partition coefficient (Wildman–Crippen LogP) is 3.20. The van der Waals surface area contributed by atoms with Crippen LogP contribution in [-0.2, 0) is 13.2 Å². The topological polar surface area (TPSA) is 33.2 Å². The molecule has 2 rings (SSSR count). The lowest BCUT2D eigenvalue weighted by Crippen LogP contribution is -3.06. The summed E-state index contributed by atoms with van der Waals surface area (Å²) in [7, 11) is 2.14. The van der Waals surface area contributed by atoms with Gasteiger partial charge in [0.1, 0.15) is 17.3 Å². The molecular formula is C15H17BrN3S2+. The summed E-state index contributed by atoms with van der Waals surface area (Å²) in [6, 6.07) is 8.46. The summed E-state index contributed by atoms with van der Waals surface area (Å²) in [5.41, 5.74) is 2.67. The first-order valence-corrected chi connectivity index (χ1v) is 8.60. The van der Waals surface area contributed by atoms with Crippen molar-refractivity contribution in [1.29, 1.82) is 5.26 Å². The number of nitrogens with zero attached hydrogens (tertiary/aromatic N) is 2. The Kier molecular flexibility index (Phi) is 5.33. The lowest BCUT2D eigenvalue weighted by molar-refractivity contribution is -0.916. The molecule has 0 aliphatic rings. The molecule has 0 amide bonds. The molecule has 1 atom stereocenters. The SMILES string of the molecule is Cc1cc(C)n(C[NH+](C)Cc2ccc(Br)s2)c(=S)c1C#N. The summed E-state index contributed by atoms with van der Waals surface area (Å²) in [5.74, 6) is 0. The van der Waals surface area contributed by atoms with Crippen LogP contribution in [0.15, 0.2) is 22.0 Å². The highest BCUT2D eigenvalue weighted by molar-refractivity contribution is 9.11. The maximum Gasteiger partial charge on any atom is 0.157 e. The zero-order valence-electron chi connectivity index (χ0n) is 12.2. The van der Waals surface area contributed by atoms with E-state index in [1.54, 1.807) is 11.3 Å². The summed E-state index contributed by atoms with van der Waals surface area (Å²) in [6.45, 7) is 5.67. The molecule has 110 valence electrons. The lowest BCUT2D eigenvalue weighted by Gasteiger charge is -2.18. The van der Waals surface area contributed by atoms with Crippen molar-refractivity contribution in [2.75, 3.05) is 7.05 Å². The van der Waals surface area contributed by atoms with Gasteiger partial charge >= 0.3 is 0 Å². The van der Waals surface area contributed by atoms with Crippen molar-refractivity contribution < 1.29 is 4.90 Å². The molecule has 0 fully saturated rings. The quantitative estimate of drug-likeness (QED) is 0.823. The number of nitrogens with one attached hydrogen (secondary N) is 1. The van der Waals surface area contributed by atoms with Crippen molar-refractivity contribution in [3.05, 3.63) is 48.3 Å². The number of pyridine rings is 1. The number of nitriles is 1. The zero-order chi connectivity index (χ0) is 15.6. The van der Waals surface area contributed by atoms with Crippen LogP contribution in [0.4, 0.5) is 0 Å². The van der Waals surface area contributed by atoms with Crippen LogP contribution in [0.2, 0.25) is 0 Å². The molecule has 21 heavy (non-hydrogen) atoms. The number of rotatable bonds is 4. The molecule has 1 unspecified atom stereocenters. The van der Waals surface area contributed by atoms with Crippen LogP contribution in [-0.4, -0.2) is 11.6 Å². The van der Waals surface area contributed by atoms with Gasteiger partial charge in [-0.1, -0.05) is 12.2 Å². The normalized spacial score (nSPS) is 12.1. The van der Waals surface area contributed by atoms with Crippen LogP contribution in [0.3, 0.4) is 0 Å². The Labute approximate surface area is 142 Å². The second-order valence-corrected chi connectivity index (χ2v) is 8.12. The van der Waals surface area contributed by atoms with E-state index in [2.05, 4.69) is 45.7 Å².